The number of hydrogen-bond donors (Lipinski definition) is 1. The Morgan fingerprint density at radius 3 is 2.60 bits per heavy atom. The van der Waals surface area contributed by atoms with Crippen LogP contribution in [0.15, 0.2) is 30.3 Å². The first-order chi connectivity index (χ1) is 7.29. The van der Waals surface area contributed by atoms with E-state index < -0.39 is 6.16 Å². The van der Waals surface area contributed by atoms with E-state index in [1.54, 1.807) is 0 Å². The van der Waals surface area contributed by atoms with E-state index in [4.69, 9.17) is 9.84 Å². The van der Waals surface area contributed by atoms with E-state index >= 15 is 0 Å². The molecule has 0 spiro atoms. The van der Waals surface area contributed by atoms with Gasteiger partial charge in [-0.3, -0.25) is 0 Å². The Hall–Kier alpha value is -1.55. The van der Waals surface area contributed by atoms with Gasteiger partial charge in [-0.05, 0) is 5.56 Å². The van der Waals surface area contributed by atoms with Crippen molar-refractivity contribution in [1.82, 2.24) is 0 Å². The average Bonchev–Trinajstić information content (AvgIpc) is 2.24. The van der Waals surface area contributed by atoms with E-state index in [0.29, 0.717) is 19.6 Å². The van der Waals surface area contributed by atoms with Crippen molar-refractivity contribution >= 4 is 6.16 Å². The predicted octanol–water partition coefficient (Wildman–Crippen LogP) is 2.29. The molecule has 1 aromatic carbocycles. The van der Waals surface area contributed by atoms with E-state index in [2.05, 4.69) is 4.74 Å². The van der Waals surface area contributed by atoms with Gasteiger partial charge in [0.05, 0.1) is 19.8 Å². The summed E-state index contributed by atoms with van der Waals surface area (Å²) < 4.78 is 9.66. The van der Waals surface area contributed by atoms with Gasteiger partial charge in [0.15, 0.2) is 0 Å². The molecule has 1 N–H and O–H groups in total. The first-order valence-electron chi connectivity index (χ1n) is 4.76. The van der Waals surface area contributed by atoms with Crippen LogP contribution in [0.5, 0.6) is 0 Å². The lowest BCUT2D eigenvalue weighted by atomic mass is 10.2. The van der Waals surface area contributed by atoms with Gasteiger partial charge in [-0.1, -0.05) is 30.3 Å². The SMILES string of the molecule is O=C(O)OCCCOCc1ccccc1. The molecule has 0 heterocycles. The van der Waals surface area contributed by atoms with Crippen LogP contribution in [-0.4, -0.2) is 24.5 Å². The van der Waals surface area contributed by atoms with E-state index in [-0.39, 0.29) is 6.61 Å². The molecule has 0 saturated heterocycles. The standard InChI is InChI=1S/C11H14O4/c12-11(13)15-8-4-7-14-9-10-5-2-1-3-6-10/h1-3,5-6H,4,7-9H2,(H,12,13). The van der Waals surface area contributed by atoms with Crippen LogP contribution in [0.2, 0.25) is 0 Å². The van der Waals surface area contributed by atoms with Crippen molar-refractivity contribution in [3.8, 4) is 0 Å². The molecule has 1 rings (SSSR count). The van der Waals surface area contributed by atoms with Crippen molar-refractivity contribution in [2.24, 2.45) is 0 Å². The third kappa shape index (κ3) is 5.70. The first-order valence-corrected chi connectivity index (χ1v) is 4.76. The molecule has 0 aliphatic carbocycles. The summed E-state index contributed by atoms with van der Waals surface area (Å²) in [6.07, 6.45) is -0.655. The Labute approximate surface area is 88.4 Å². The van der Waals surface area contributed by atoms with Crippen molar-refractivity contribution in [3.63, 3.8) is 0 Å². The number of rotatable bonds is 6. The minimum atomic E-state index is -1.24. The van der Waals surface area contributed by atoms with E-state index in [1.165, 1.54) is 0 Å². The number of ether oxygens (including phenoxy) is 2. The molecule has 0 aliphatic heterocycles. The minimum absolute atomic E-state index is 0.185. The Balaban J connectivity index is 2.00. The number of carboxylic acid groups (broad SMARTS) is 1. The Kier molecular flexibility index (Phi) is 5.25. The van der Waals surface area contributed by atoms with Gasteiger partial charge in [-0.15, -0.1) is 0 Å². The van der Waals surface area contributed by atoms with Gasteiger partial charge < -0.3 is 14.6 Å². The van der Waals surface area contributed by atoms with Gasteiger partial charge in [-0.2, -0.15) is 0 Å². The van der Waals surface area contributed by atoms with Gasteiger partial charge in [0.25, 0.3) is 0 Å². The monoisotopic (exact) mass is 210 g/mol. The normalized spacial score (nSPS) is 9.87. The molecule has 82 valence electrons. The molecule has 15 heavy (non-hydrogen) atoms. The highest BCUT2D eigenvalue weighted by atomic mass is 16.7. The van der Waals surface area contributed by atoms with Gasteiger partial charge >= 0.3 is 6.16 Å². The maximum absolute atomic E-state index is 9.99. The zero-order chi connectivity index (χ0) is 10.9. The van der Waals surface area contributed by atoms with Crippen molar-refractivity contribution < 1.29 is 19.4 Å². The molecule has 0 fully saturated rings. The minimum Gasteiger partial charge on any atom is -0.450 e. The number of benzene rings is 1. The fourth-order valence-corrected chi connectivity index (χ4v) is 1.08. The molecule has 1 aromatic rings. The number of hydrogen-bond acceptors (Lipinski definition) is 3. The molecule has 0 aromatic heterocycles. The quantitative estimate of drug-likeness (QED) is 0.578. The Morgan fingerprint density at radius 2 is 1.93 bits per heavy atom. The van der Waals surface area contributed by atoms with Crippen molar-refractivity contribution in [3.05, 3.63) is 35.9 Å². The Bertz CT molecular complexity index is 284. The highest BCUT2D eigenvalue weighted by Gasteiger charge is 1.96. The summed E-state index contributed by atoms with van der Waals surface area (Å²) in [6.45, 7) is 1.24. The average molecular weight is 210 g/mol. The van der Waals surface area contributed by atoms with Crippen molar-refractivity contribution in [2.75, 3.05) is 13.2 Å². The van der Waals surface area contributed by atoms with Crippen LogP contribution in [0.25, 0.3) is 0 Å². The van der Waals surface area contributed by atoms with Crippen LogP contribution < -0.4 is 0 Å². The maximum atomic E-state index is 9.99. The molecule has 4 nitrogen and oxygen atoms in total. The summed E-state index contributed by atoms with van der Waals surface area (Å²) in [4.78, 5) is 9.99. The lowest BCUT2D eigenvalue weighted by molar-refractivity contribution is 0.0686. The lowest BCUT2D eigenvalue weighted by Crippen LogP contribution is -2.05. The topological polar surface area (TPSA) is 55.8 Å². The van der Waals surface area contributed by atoms with Crippen LogP contribution >= 0.6 is 0 Å². The Morgan fingerprint density at radius 1 is 1.20 bits per heavy atom. The molecule has 0 aliphatic rings. The highest BCUT2D eigenvalue weighted by molar-refractivity contribution is 5.56. The molecule has 4 heteroatoms. The zero-order valence-corrected chi connectivity index (χ0v) is 8.39. The van der Waals surface area contributed by atoms with E-state index in [9.17, 15) is 4.79 Å². The smallest absolute Gasteiger partial charge is 0.450 e. The van der Waals surface area contributed by atoms with Gasteiger partial charge in [-0.25, -0.2) is 4.79 Å². The van der Waals surface area contributed by atoms with Gasteiger partial charge in [0.2, 0.25) is 0 Å². The summed E-state index contributed by atoms with van der Waals surface area (Å²) in [5, 5.41) is 8.18. The molecule has 0 atom stereocenters. The summed E-state index contributed by atoms with van der Waals surface area (Å²) in [5.74, 6) is 0. The van der Waals surface area contributed by atoms with Crippen molar-refractivity contribution in [1.29, 1.82) is 0 Å². The zero-order valence-electron chi connectivity index (χ0n) is 8.39. The highest BCUT2D eigenvalue weighted by Crippen LogP contribution is 2.00. The van der Waals surface area contributed by atoms with E-state index in [1.807, 2.05) is 30.3 Å². The molecular weight excluding hydrogens is 196 g/mol. The molecule has 0 unspecified atom stereocenters. The fraction of sp³-hybridized carbons (Fsp3) is 0.364. The number of carbonyl (C=O) groups is 1. The molecule has 0 bridgehead atoms. The predicted molar refractivity (Wildman–Crippen MR) is 54.7 cm³/mol. The largest absolute Gasteiger partial charge is 0.505 e. The van der Waals surface area contributed by atoms with Crippen molar-refractivity contribution in [2.45, 2.75) is 13.0 Å². The maximum Gasteiger partial charge on any atom is 0.505 e. The summed E-state index contributed by atoms with van der Waals surface area (Å²) >= 11 is 0. The molecule has 0 saturated carbocycles. The second-order valence-corrected chi connectivity index (χ2v) is 3.01. The van der Waals surface area contributed by atoms with Crippen LogP contribution in [0.1, 0.15) is 12.0 Å². The summed E-state index contributed by atoms with van der Waals surface area (Å²) in [6, 6.07) is 9.81. The van der Waals surface area contributed by atoms with Crippen LogP contribution in [-0.2, 0) is 16.1 Å². The first kappa shape index (κ1) is 11.5. The fourth-order valence-electron chi connectivity index (χ4n) is 1.08. The second kappa shape index (κ2) is 6.84. The van der Waals surface area contributed by atoms with Gasteiger partial charge in [0.1, 0.15) is 0 Å². The van der Waals surface area contributed by atoms with Crippen LogP contribution in [0, 0.1) is 0 Å². The molecular formula is C11H14O4. The molecule has 0 amide bonds. The van der Waals surface area contributed by atoms with E-state index in [0.717, 1.165) is 5.56 Å². The third-order valence-corrected chi connectivity index (χ3v) is 1.77. The summed E-state index contributed by atoms with van der Waals surface area (Å²) in [7, 11) is 0. The molecule has 0 radical (unpaired) electrons. The van der Waals surface area contributed by atoms with Crippen LogP contribution in [0.3, 0.4) is 0 Å². The summed E-state index contributed by atoms with van der Waals surface area (Å²) in [5.41, 5.74) is 1.11. The third-order valence-electron chi connectivity index (χ3n) is 1.77. The second-order valence-electron chi connectivity index (χ2n) is 3.01. The van der Waals surface area contributed by atoms with Crippen LogP contribution in [0.4, 0.5) is 4.79 Å². The van der Waals surface area contributed by atoms with Gasteiger partial charge in [0, 0.05) is 6.42 Å². The lowest BCUT2D eigenvalue weighted by Gasteiger charge is -2.03.